The molecule has 28 heavy (non-hydrogen) atoms. The van der Waals surface area contributed by atoms with Crippen LogP contribution in [0.4, 0.5) is 10.5 Å². The van der Waals surface area contributed by atoms with Crippen LogP contribution in [-0.4, -0.2) is 40.4 Å². The van der Waals surface area contributed by atoms with Gasteiger partial charge in [0.05, 0.1) is 17.6 Å². The molecule has 146 valence electrons. The van der Waals surface area contributed by atoms with Gasteiger partial charge in [0.2, 0.25) is 0 Å². The first-order chi connectivity index (χ1) is 13.6. The Kier molecular flexibility index (Phi) is 5.44. The van der Waals surface area contributed by atoms with E-state index in [9.17, 15) is 4.79 Å². The van der Waals surface area contributed by atoms with Crippen LogP contribution in [0.1, 0.15) is 37.1 Å². The first-order valence-corrected chi connectivity index (χ1v) is 10.1. The highest BCUT2D eigenvalue weighted by atomic mass is 16.2. The predicted octanol–water partition coefficient (Wildman–Crippen LogP) is 4.37. The number of amides is 2. The third-order valence-electron chi connectivity index (χ3n) is 5.39. The minimum absolute atomic E-state index is 0.0769. The molecule has 0 saturated carbocycles. The lowest BCUT2D eigenvalue weighted by Gasteiger charge is -2.27. The summed E-state index contributed by atoms with van der Waals surface area (Å²) in [5, 5.41) is 2.97. The molecule has 3 heterocycles. The molecule has 2 aliphatic heterocycles. The van der Waals surface area contributed by atoms with Gasteiger partial charge in [-0.2, -0.15) is 0 Å². The smallest absolute Gasteiger partial charge is 0.316 e. The van der Waals surface area contributed by atoms with Crippen molar-refractivity contribution in [1.29, 1.82) is 0 Å². The summed E-state index contributed by atoms with van der Waals surface area (Å²) < 4.78 is 0. The van der Waals surface area contributed by atoms with Crippen LogP contribution >= 0.6 is 0 Å². The molecule has 2 aliphatic rings. The van der Waals surface area contributed by atoms with Crippen LogP contribution in [-0.2, 0) is 13.1 Å². The van der Waals surface area contributed by atoms with Gasteiger partial charge in [0.1, 0.15) is 0 Å². The van der Waals surface area contributed by atoms with E-state index in [1.165, 1.54) is 16.7 Å². The van der Waals surface area contributed by atoms with Gasteiger partial charge in [0.25, 0.3) is 0 Å². The van der Waals surface area contributed by atoms with E-state index in [2.05, 4.69) is 47.3 Å². The minimum atomic E-state index is -0.0769. The number of benzene rings is 1. The summed E-state index contributed by atoms with van der Waals surface area (Å²) in [7, 11) is 0. The highest BCUT2D eigenvalue weighted by Crippen LogP contribution is 2.24. The summed E-state index contributed by atoms with van der Waals surface area (Å²) in [6.45, 7) is 9.05. The molecule has 5 heteroatoms. The minimum Gasteiger partial charge on any atom is -0.316 e. The van der Waals surface area contributed by atoms with Crippen LogP contribution < -0.4 is 5.32 Å². The number of rotatable bonds is 4. The summed E-state index contributed by atoms with van der Waals surface area (Å²) in [6.07, 6.45) is 5.07. The van der Waals surface area contributed by atoms with Crippen molar-refractivity contribution in [2.24, 2.45) is 5.92 Å². The monoisotopic (exact) mass is 376 g/mol. The molecule has 2 aromatic rings. The quantitative estimate of drug-likeness (QED) is 0.862. The van der Waals surface area contributed by atoms with Gasteiger partial charge >= 0.3 is 6.03 Å². The topological polar surface area (TPSA) is 48.5 Å². The number of nitrogens with one attached hydrogen (secondary N) is 1. The number of anilines is 1. The molecule has 1 aromatic carbocycles. The number of nitrogens with zero attached hydrogens (tertiary/aromatic N) is 3. The van der Waals surface area contributed by atoms with Crippen LogP contribution in [0, 0.1) is 5.92 Å². The summed E-state index contributed by atoms with van der Waals surface area (Å²) in [5.41, 5.74) is 5.50. The largest absolute Gasteiger partial charge is 0.322 e. The van der Waals surface area contributed by atoms with E-state index in [1.54, 1.807) is 6.20 Å². The fourth-order valence-electron chi connectivity index (χ4n) is 3.96. The highest BCUT2D eigenvalue weighted by molar-refractivity contribution is 5.89. The van der Waals surface area contributed by atoms with Crippen LogP contribution in [0.3, 0.4) is 0 Å². The Morgan fingerprint density at radius 3 is 2.46 bits per heavy atom. The van der Waals surface area contributed by atoms with Crippen molar-refractivity contribution in [1.82, 2.24) is 14.8 Å². The van der Waals surface area contributed by atoms with E-state index in [4.69, 9.17) is 0 Å². The molecular weight excluding hydrogens is 348 g/mol. The van der Waals surface area contributed by atoms with E-state index in [1.807, 2.05) is 29.2 Å². The molecule has 1 N–H and O–H groups in total. The van der Waals surface area contributed by atoms with Gasteiger partial charge < -0.3 is 10.2 Å². The van der Waals surface area contributed by atoms with Crippen molar-refractivity contribution < 1.29 is 4.79 Å². The highest BCUT2D eigenvalue weighted by Gasteiger charge is 2.23. The van der Waals surface area contributed by atoms with E-state index in [0.717, 1.165) is 37.4 Å². The Morgan fingerprint density at radius 2 is 1.89 bits per heavy atom. The number of carbonyl (C=O) groups excluding carboxylic acids is 1. The van der Waals surface area contributed by atoms with E-state index >= 15 is 0 Å². The molecule has 0 saturated heterocycles. The molecule has 0 bridgehead atoms. The Hall–Kier alpha value is -2.66. The van der Waals surface area contributed by atoms with Crippen molar-refractivity contribution in [3.05, 3.63) is 65.5 Å². The number of hydrogen-bond acceptors (Lipinski definition) is 3. The Morgan fingerprint density at radius 1 is 1.14 bits per heavy atom. The van der Waals surface area contributed by atoms with Gasteiger partial charge in [-0.05, 0) is 41.2 Å². The van der Waals surface area contributed by atoms with Gasteiger partial charge in [-0.1, -0.05) is 44.2 Å². The normalized spacial score (nSPS) is 16.8. The zero-order valence-corrected chi connectivity index (χ0v) is 16.7. The molecule has 0 fully saturated rings. The van der Waals surface area contributed by atoms with Crippen molar-refractivity contribution in [3.8, 4) is 0 Å². The van der Waals surface area contributed by atoms with Crippen molar-refractivity contribution >= 4 is 17.3 Å². The molecular formula is C23H28N4O. The zero-order chi connectivity index (χ0) is 19.5. The van der Waals surface area contributed by atoms with Crippen LogP contribution in [0.25, 0.3) is 5.57 Å². The first-order valence-electron chi connectivity index (χ1n) is 10.1. The van der Waals surface area contributed by atoms with Gasteiger partial charge in [-0.25, -0.2) is 4.79 Å². The van der Waals surface area contributed by atoms with Crippen LogP contribution in [0.15, 0.2) is 48.7 Å². The predicted molar refractivity (Wildman–Crippen MR) is 113 cm³/mol. The maximum Gasteiger partial charge on any atom is 0.322 e. The number of carbonyl (C=O) groups is 1. The SMILES string of the molecule is CC(C)CN1CC=C(c2ccc(NC(=O)N3Cc4ccccc4C3)cn2)CC1. The van der Waals surface area contributed by atoms with Gasteiger partial charge in [0, 0.05) is 32.7 Å². The summed E-state index contributed by atoms with van der Waals surface area (Å²) in [4.78, 5) is 21.5. The number of pyridine rings is 1. The number of urea groups is 1. The van der Waals surface area contributed by atoms with Gasteiger partial charge in [0.15, 0.2) is 0 Å². The van der Waals surface area contributed by atoms with Gasteiger partial charge in [-0.15, -0.1) is 0 Å². The Bertz CT molecular complexity index is 847. The van der Waals surface area contributed by atoms with Crippen molar-refractivity contribution in [3.63, 3.8) is 0 Å². The molecule has 2 amide bonds. The standard InChI is InChI=1S/C23H28N4O/c1-17(2)14-26-11-9-18(10-12-26)22-8-7-21(13-24-22)25-23(28)27-15-19-5-3-4-6-20(19)16-27/h3-9,13,17H,10-12,14-16H2,1-2H3,(H,25,28). The first kappa shape index (κ1) is 18.7. The zero-order valence-electron chi connectivity index (χ0n) is 16.7. The number of hydrogen-bond donors (Lipinski definition) is 1. The second-order valence-corrected chi connectivity index (χ2v) is 8.12. The van der Waals surface area contributed by atoms with Crippen molar-refractivity contribution in [2.45, 2.75) is 33.4 Å². The summed E-state index contributed by atoms with van der Waals surface area (Å²) >= 11 is 0. The van der Waals surface area contributed by atoms with E-state index < -0.39 is 0 Å². The lowest BCUT2D eigenvalue weighted by Crippen LogP contribution is -2.32. The second kappa shape index (κ2) is 8.15. The van der Waals surface area contributed by atoms with E-state index in [-0.39, 0.29) is 6.03 Å². The Balaban J connectivity index is 1.34. The molecule has 0 radical (unpaired) electrons. The summed E-state index contributed by atoms with van der Waals surface area (Å²) in [5.74, 6) is 0.694. The lowest BCUT2D eigenvalue weighted by molar-refractivity contribution is 0.212. The maximum absolute atomic E-state index is 12.6. The van der Waals surface area contributed by atoms with Gasteiger partial charge in [-0.3, -0.25) is 9.88 Å². The Labute approximate surface area is 167 Å². The fraction of sp³-hybridized carbons (Fsp3) is 0.391. The molecule has 5 nitrogen and oxygen atoms in total. The fourth-order valence-corrected chi connectivity index (χ4v) is 3.96. The third kappa shape index (κ3) is 4.25. The molecule has 0 aliphatic carbocycles. The average Bonchev–Trinajstić information content (AvgIpc) is 3.13. The maximum atomic E-state index is 12.6. The average molecular weight is 377 g/mol. The molecule has 1 aromatic heterocycles. The van der Waals surface area contributed by atoms with Crippen molar-refractivity contribution in [2.75, 3.05) is 25.0 Å². The molecule has 0 atom stereocenters. The lowest BCUT2D eigenvalue weighted by atomic mass is 10.0. The molecule has 4 rings (SSSR count). The van der Waals surface area contributed by atoms with E-state index in [0.29, 0.717) is 19.0 Å². The second-order valence-electron chi connectivity index (χ2n) is 8.12. The van der Waals surface area contributed by atoms with Crippen LogP contribution in [0.5, 0.6) is 0 Å². The third-order valence-corrected chi connectivity index (χ3v) is 5.39. The molecule has 0 spiro atoms. The number of aromatic nitrogens is 1. The number of fused-ring (bicyclic) bond motifs is 1. The summed E-state index contributed by atoms with van der Waals surface area (Å²) in [6, 6.07) is 12.1. The van der Waals surface area contributed by atoms with Crippen LogP contribution in [0.2, 0.25) is 0 Å². The molecule has 0 unspecified atom stereocenters.